The number of rotatable bonds is 4. The topological polar surface area (TPSA) is 62.7 Å². The van der Waals surface area contributed by atoms with Gasteiger partial charge in [-0.25, -0.2) is 0 Å². The van der Waals surface area contributed by atoms with Crippen LogP contribution in [0.5, 0.6) is 0 Å². The number of aromatic nitrogens is 1. The summed E-state index contributed by atoms with van der Waals surface area (Å²) in [6.07, 6.45) is 1.80. The zero-order valence-corrected chi connectivity index (χ0v) is 11.9. The van der Waals surface area contributed by atoms with Crippen molar-refractivity contribution in [3.8, 4) is 0 Å². The second kappa shape index (κ2) is 5.79. The Morgan fingerprint density at radius 2 is 2.19 bits per heavy atom. The largest absolute Gasteiger partial charge is 0.481 e. The van der Waals surface area contributed by atoms with Gasteiger partial charge in [-0.1, -0.05) is 18.2 Å². The predicted molar refractivity (Wildman–Crippen MR) is 78.9 cm³/mol. The van der Waals surface area contributed by atoms with Crippen LogP contribution in [0.3, 0.4) is 0 Å². The summed E-state index contributed by atoms with van der Waals surface area (Å²) in [7, 11) is 1.95. The normalized spacial score (nSPS) is 22.0. The van der Waals surface area contributed by atoms with Gasteiger partial charge in [-0.05, 0) is 24.7 Å². The van der Waals surface area contributed by atoms with Crippen LogP contribution in [0.2, 0.25) is 0 Å². The molecule has 3 rings (SSSR count). The van der Waals surface area contributed by atoms with E-state index in [1.165, 1.54) is 0 Å². The Morgan fingerprint density at radius 1 is 1.38 bits per heavy atom. The molecular formula is C16H18N2O3. The van der Waals surface area contributed by atoms with Gasteiger partial charge in [-0.3, -0.25) is 14.7 Å². The van der Waals surface area contributed by atoms with Gasteiger partial charge in [0.05, 0.1) is 24.6 Å². The molecule has 0 amide bonds. The van der Waals surface area contributed by atoms with Crippen molar-refractivity contribution in [2.24, 2.45) is 5.92 Å². The molecule has 0 saturated carbocycles. The smallest absolute Gasteiger partial charge is 0.310 e. The van der Waals surface area contributed by atoms with E-state index in [1.807, 2.05) is 37.4 Å². The van der Waals surface area contributed by atoms with Crippen molar-refractivity contribution in [2.45, 2.75) is 12.6 Å². The lowest BCUT2D eigenvalue weighted by molar-refractivity contribution is -0.143. The molecule has 1 aliphatic rings. The van der Waals surface area contributed by atoms with Gasteiger partial charge >= 0.3 is 5.97 Å². The van der Waals surface area contributed by atoms with Gasteiger partial charge in [-0.15, -0.1) is 0 Å². The third-order valence-corrected chi connectivity index (χ3v) is 4.09. The van der Waals surface area contributed by atoms with E-state index in [4.69, 9.17) is 4.74 Å². The molecule has 2 heterocycles. The first-order chi connectivity index (χ1) is 10.2. The number of carbonyl (C=O) groups is 1. The first kappa shape index (κ1) is 14.0. The van der Waals surface area contributed by atoms with Crippen LogP contribution in [0.25, 0.3) is 10.9 Å². The Bertz CT molecular complexity index is 654. The zero-order valence-electron chi connectivity index (χ0n) is 11.9. The monoisotopic (exact) mass is 286 g/mol. The fraction of sp³-hybridized carbons (Fsp3) is 0.375. The molecule has 5 heteroatoms. The second-order valence-electron chi connectivity index (χ2n) is 5.45. The minimum atomic E-state index is -0.788. The Balaban J connectivity index is 1.83. The number of hydrogen-bond donors (Lipinski definition) is 1. The van der Waals surface area contributed by atoms with Crippen LogP contribution in [-0.4, -0.2) is 47.3 Å². The minimum absolute atomic E-state index is 0.0885. The molecule has 2 unspecified atom stereocenters. The molecule has 0 aliphatic carbocycles. The molecule has 1 saturated heterocycles. The van der Waals surface area contributed by atoms with Crippen molar-refractivity contribution >= 4 is 16.9 Å². The summed E-state index contributed by atoms with van der Waals surface area (Å²) in [6.45, 7) is 1.44. The molecule has 0 spiro atoms. The van der Waals surface area contributed by atoms with E-state index in [1.54, 1.807) is 6.20 Å². The van der Waals surface area contributed by atoms with E-state index >= 15 is 0 Å². The lowest BCUT2D eigenvalue weighted by Gasteiger charge is -2.26. The second-order valence-corrected chi connectivity index (χ2v) is 5.45. The third kappa shape index (κ3) is 2.75. The van der Waals surface area contributed by atoms with Crippen LogP contribution in [0, 0.1) is 5.92 Å². The van der Waals surface area contributed by atoms with E-state index in [0.717, 1.165) is 16.5 Å². The fourth-order valence-electron chi connectivity index (χ4n) is 2.89. The number of pyridine rings is 1. The molecule has 0 bridgehead atoms. The van der Waals surface area contributed by atoms with Crippen LogP contribution in [0.15, 0.2) is 36.5 Å². The number of hydrogen-bond acceptors (Lipinski definition) is 4. The summed E-state index contributed by atoms with van der Waals surface area (Å²) >= 11 is 0. The molecule has 1 fully saturated rings. The maximum Gasteiger partial charge on any atom is 0.310 e. The molecule has 1 N–H and O–H groups in total. The van der Waals surface area contributed by atoms with Crippen molar-refractivity contribution < 1.29 is 14.6 Å². The number of benzene rings is 1. The van der Waals surface area contributed by atoms with Crippen molar-refractivity contribution in [3.05, 3.63) is 42.1 Å². The third-order valence-electron chi connectivity index (χ3n) is 4.09. The molecule has 2 atom stereocenters. The Hall–Kier alpha value is -1.98. The first-order valence-corrected chi connectivity index (χ1v) is 7.00. The van der Waals surface area contributed by atoms with E-state index in [2.05, 4.69) is 9.88 Å². The molecule has 0 radical (unpaired) electrons. The van der Waals surface area contributed by atoms with Gasteiger partial charge in [-0.2, -0.15) is 0 Å². The molecule has 1 aromatic carbocycles. The number of ether oxygens (including phenoxy) is 1. The number of fused-ring (bicyclic) bond motifs is 1. The number of likely N-dealkylation sites (N-methyl/N-ethyl adjacent to an activating group) is 1. The highest BCUT2D eigenvalue weighted by molar-refractivity contribution is 5.81. The lowest BCUT2D eigenvalue weighted by Crippen LogP contribution is -2.40. The van der Waals surface area contributed by atoms with Gasteiger partial charge in [0.25, 0.3) is 0 Å². The number of aliphatic carboxylic acids is 1. The van der Waals surface area contributed by atoms with Crippen molar-refractivity contribution in [3.63, 3.8) is 0 Å². The Kier molecular flexibility index (Phi) is 3.86. The van der Waals surface area contributed by atoms with Crippen LogP contribution < -0.4 is 0 Å². The minimum Gasteiger partial charge on any atom is -0.481 e. The molecule has 1 aliphatic heterocycles. The summed E-state index contributed by atoms with van der Waals surface area (Å²) in [5, 5.41) is 10.4. The standard InChI is InChI=1S/C16H18N2O3/c1-18(15-10-21-9-13(15)16(19)20)8-11-6-7-17-14-5-3-2-4-12(11)14/h2-7,13,15H,8-10H2,1H3,(H,19,20). The van der Waals surface area contributed by atoms with Gasteiger partial charge in [0.1, 0.15) is 0 Å². The van der Waals surface area contributed by atoms with Crippen LogP contribution in [0.1, 0.15) is 5.56 Å². The summed E-state index contributed by atoms with van der Waals surface area (Å²) in [5.74, 6) is -1.24. The van der Waals surface area contributed by atoms with Crippen LogP contribution >= 0.6 is 0 Å². The number of carboxylic acid groups (broad SMARTS) is 1. The summed E-state index contributed by atoms with van der Waals surface area (Å²) in [6, 6.07) is 9.89. The van der Waals surface area contributed by atoms with Gasteiger partial charge in [0, 0.05) is 24.2 Å². The van der Waals surface area contributed by atoms with Crippen molar-refractivity contribution in [1.29, 1.82) is 0 Å². The lowest BCUT2D eigenvalue weighted by atomic mass is 10.0. The molecule has 2 aromatic rings. The van der Waals surface area contributed by atoms with E-state index < -0.39 is 11.9 Å². The number of para-hydroxylation sites is 1. The van der Waals surface area contributed by atoms with Crippen molar-refractivity contribution in [2.75, 3.05) is 20.3 Å². The van der Waals surface area contributed by atoms with Crippen LogP contribution in [0.4, 0.5) is 0 Å². The van der Waals surface area contributed by atoms with E-state index in [-0.39, 0.29) is 6.04 Å². The summed E-state index contributed by atoms with van der Waals surface area (Å²) in [4.78, 5) is 17.7. The van der Waals surface area contributed by atoms with Gasteiger partial charge in [0.2, 0.25) is 0 Å². The van der Waals surface area contributed by atoms with Gasteiger partial charge < -0.3 is 9.84 Å². The average Bonchev–Trinajstić information content (AvgIpc) is 2.97. The SMILES string of the molecule is CN(Cc1ccnc2ccccc12)C1COCC1C(=O)O. The molecule has 21 heavy (non-hydrogen) atoms. The zero-order chi connectivity index (χ0) is 14.8. The summed E-state index contributed by atoms with van der Waals surface area (Å²) < 4.78 is 5.34. The first-order valence-electron chi connectivity index (χ1n) is 7.00. The molecule has 1 aromatic heterocycles. The Labute approximate surface area is 123 Å². The summed E-state index contributed by atoms with van der Waals surface area (Å²) in [5.41, 5.74) is 2.11. The van der Waals surface area contributed by atoms with Crippen molar-refractivity contribution in [1.82, 2.24) is 9.88 Å². The predicted octanol–water partition coefficient (Wildman–Crippen LogP) is 1.77. The number of carboxylic acids is 1. The maximum atomic E-state index is 11.3. The maximum absolute atomic E-state index is 11.3. The molecule has 5 nitrogen and oxygen atoms in total. The highest BCUT2D eigenvalue weighted by Gasteiger charge is 2.36. The van der Waals surface area contributed by atoms with Crippen LogP contribution in [-0.2, 0) is 16.1 Å². The quantitative estimate of drug-likeness (QED) is 0.928. The Morgan fingerprint density at radius 3 is 3.00 bits per heavy atom. The number of nitrogens with zero attached hydrogens (tertiary/aromatic N) is 2. The van der Waals surface area contributed by atoms with E-state index in [0.29, 0.717) is 19.8 Å². The average molecular weight is 286 g/mol. The molecular weight excluding hydrogens is 268 g/mol. The highest BCUT2D eigenvalue weighted by Crippen LogP contribution is 2.23. The van der Waals surface area contributed by atoms with Gasteiger partial charge in [0.15, 0.2) is 0 Å². The van der Waals surface area contributed by atoms with E-state index in [9.17, 15) is 9.90 Å². The molecule has 110 valence electrons. The highest BCUT2D eigenvalue weighted by atomic mass is 16.5. The fourth-order valence-corrected chi connectivity index (χ4v) is 2.89.